The molecule has 3 rings (SSSR count). The van der Waals surface area contributed by atoms with E-state index in [9.17, 15) is 29.8 Å². The summed E-state index contributed by atoms with van der Waals surface area (Å²) in [6.45, 7) is 6.82. The van der Waals surface area contributed by atoms with Gasteiger partial charge in [0.2, 0.25) is 0 Å². The van der Waals surface area contributed by atoms with Crippen LogP contribution in [-0.2, 0) is 20.7 Å². The fourth-order valence-corrected chi connectivity index (χ4v) is 4.88. The van der Waals surface area contributed by atoms with E-state index < -0.39 is 22.6 Å². The maximum Gasteiger partial charge on any atom is 0.348 e. The van der Waals surface area contributed by atoms with E-state index >= 15 is 0 Å². The molecular weight excluding hydrogens is 512 g/mol. The molecule has 196 valence electrons. The summed E-state index contributed by atoms with van der Waals surface area (Å²) in [5, 5.41) is 21.1. The second-order valence-corrected chi connectivity index (χ2v) is 9.15. The highest BCUT2D eigenvalue weighted by Gasteiger charge is 2.28. The topological polar surface area (TPSA) is 150 Å². The zero-order valence-electron chi connectivity index (χ0n) is 21.2. The molecule has 2 heterocycles. The van der Waals surface area contributed by atoms with Gasteiger partial charge in [-0.05, 0) is 57.0 Å². The minimum atomic E-state index is -0.683. The molecule has 0 bridgehead atoms. The number of nitriles is 1. The fraction of sp³-hybridized carbons (Fsp3) is 0.259. The molecule has 0 aliphatic carbocycles. The van der Waals surface area contributed by atoms with Gasteiger partial charge in [0.1, 0.15) is 22.5 Å². The van der Waals surface area contributed by atoms with Crippen molar-refractivity contribution in [3.05, 3.63) is 78.2 Å². The molecule has 0 saturated heterocycles. The lowest BCUT2D eigenvalue weighted by Gasteiger charge is -2.05. The maximum atomic E-state index is 13.1. The summed E-state index contributed by atoms with van der Waals surface area (Å²) in [5.41, 5.74) is 1.00. The molecule has 0 atom stereocenters. The molecule has 11 heteroatoms. The van der Waals surface area contributed by atoms with Crippen LogP contribution in [0.4, 0.5) is 5.69 Å². The Hall–Kier alpha value is -4.56. The largest absolute Gasteiger partial charge is 0.462 e. The van der Waals surface area contributed by atoms with Gasteiger partial charge in [0.15, 0.2) is 5.78 Å². The number of ketones is 1. The van der Waals surface area contributed by atoms with E-state index in [2.05, 4.69) is 0 Å². The number of aryl methyl sites for hydroxylation is 1. The van der Waals surface area contributed by atoms with Gasteiger partial charge in [0.05, 0.1) is 34.8 Å². The van der Waals surface area contributed by atoms with Crippen molar-refractivity contribution in [2.75, 3.05) is 13.2 Å². The molecule has 1 aromatic carbocycles. The van der Waals surface area contributed by atoms with Crippen LogP contribution in [0.5, 0.6) is 0 Å². The molecule has 0 amide bonds. The summed E-state index contributed by atoms with van der Waals surface area (Å²) < 4.78 is 15.9. The number of ether oxygens (including phenoxy) is 2. The molecule has 0 aliphatic heterocycles. The third kappa shape index (κ3) is 6.04. The Morgan fingerprint density at radius 3 is 2.42 bits per heavy atom. The Balaban J connectivity index is 1.94. The van der Waals surface area contributed by atoms with Crippen molar-refractivity contribution < 1.29 is 33.2 Å². The predicted molar refractivity (Wildman–Crippen MR) is 139 cm³/mol. The quantitative estimate of drug-likeness (QED) is 0.106. The molecule has 0 radical (unpaired) electrons. The summed E-state index contributed by atoms with van der Waals surface area (Å²) in [7, 11) is 0. The first-order valence-electron chi connectivity index (χ1n) is 11.6. The highest BCUT2D eigenvalue weighted by atomic mass is 32.1. The van der Waals surface area contributed by atoms with Gasteiger partial charge in [0, 0.05) is 23.4 Å². The Labute approximate surface area is 222 Å². The van der Waals surface area contributed by atoms with E-state index in [0.29, 0.717) is 11.1 Å². The van der Waals surface area contributed by atoms with E-state index in [0.717, 1.165) is 11.3 Å². The number of nitro groups is 1. The Bertz CT molecular complexity index is 1490. The zero-order valence-corrected chi connectivity index (χ0v) is 22.0. The molecule has 0 unspecified atom stereocenters. The van der Waals surface area contributed by atoms with Crippen LogP contribution in [0.25, 0.3) is 17.4 Å². The Morgan fingerprint density at radius 1 is 1.11 bits per heavy atom. The van der Waals surface area contributed by atoms with Crippen LogP contribution < -0.4 is 0 Å². The average Bonchev–Trinajstić information content (AvgIpc) is 3.46. The highest BCUT2D eigenvalue weighted by Crippen LogP contribution is 2.33. The second-order valence-electron chi connectivity index (χ2n) is 8.04. The first-order valence-corrected chi connectivity index (χ1v) is 12.4. The number of allylic oxidation sites excluding steroid dienone is 1. The first-order chi connectivity index (χ1) is 18.1. The first kappa shape index (κ1) is 28.0. The monoisotopic (exact) mass is 536 g/mol. The molecule has 10 nitrogen and oxygen atoms in total. The number of furan rings is 1. The summed E-state index contributed by atoms with van der Waals surface area (Å²) in [6, 6.07) is 9.53. The van der Waals surface area contributed by atoms with Crippen molar-refractivity contribution in [2.45, 2.75) is 34.1 Å². The van der Waals surface area contributed by atoms with E-state index in [1.54, 1.807) is 39.8 Å². The summed E-state index contributed by atoms with van der Waals surface area (Å²) in [6.07, 6.45) is 0.887. The second kappa shape index (κ2) is 12.1. The van der Waals surface area contributed by atoms with Gasteiger partial charge in [0.25, 0.3) is 5.69 Å². The van der Waals surface area contributed by atoms with Crippen LogP contribution >= 0.6 is 11.3 Å². The minimum absolute atomic E-state index is 0.0949. The van der Waals surface area contributed by atoms with E-state index in [-0.39, 0.29) is 63.3 Å². The molecule has 0 fully saturated rings. The van der Waals surface area contributed by atoms with Crippen LogP contribution in [0.2, 0.25) is 0 Å². The number of carbonyl (C=O) groups excluding carboxylic acids is 3. The third-order valence-corrected chi connectivity index (χ3v) is 6.70. The van der Waals surface area contributed by atoms with Crippen molar-refractivity contribution in [1.29, 1.82) is 5.26 Å². The van der Waals surface area contributed by atoms with Gasteiger partial charge in [-0.3, -0.25) is 14.9 Å². The number of esters is 2. The van der Waals surface area contributed by atoms with Crippen molar-refractivity contribution in [3.63, 3.8) is 0 Å². The number of thiophene rings is 1. The van der Waals surface area contributed by atoms with Gasteiger partial charge in [-0.15, -0.1) is 11.3 Å². The fourth-order valence-electron chi connectivity index (χ4n) is 3.69. The smallest absolute Gasteiger partial charge is 0.348 e. The number of hydrogen-bond acceptors (Lipinski definition) is 10. The minimum Gasteiger partial charge on any atom is -0.462 e. The van der Waals surface area contributed by atoms with Crippen molar-refractivity contribution >= 4 is 40.8 Å². The SMILES string of the molecule is CCOC(=O)c1sc(CC(=O)/C(C#N)=C/c2ccc(-c3ccc(C)cc3[N+](=O)[O-])o2)c(C(=O)OCC)c1C. The standard InChI is InChI=1S/C27H24N2O8S/c1-5-35-26(31)24-16(4)25(27(32)36-6-2)38-23(24)13-21(30)17(14-28)12-18-8-10-22(37-18)19-9-7-15(3)11-20(19)29(33)34/h7-12H,5-6,13H2,1-4H3/b17-12+. The predicted octanol–water partition coefficient (Wildman–Crippen LogP) is 5.61. The Morgan fingerprint density at radius 2 is 1.79 bits per heavy atom. The molecule has 0 saturated carbocycles. The highest BCUT2D eigenvalue weighted by molar-refractivity contribution is 7.14. The molecule has 38 heavy (non-hydrogen) atoms. The lowest BCUT2D eigenvalue weighted by molar-refractivity contribution is -0.384. The molecule has 0 aliphatic rings. The van der Waals surface area contributed by atoms with Crippen molar-refractivity contribution in [2.24, 2.45) is 0 Å². The van der Waals surface area contributed by atoms with E-state index in [4.69, 9.17) is 13.9 Å². The molecule has 2 aromatic heterocycles. The number of rotatable bonds is 10. The third-order valence-electron chi connectivity index (χ3n) is 5.43. The number of carbonyl (C=O) groups is 3. The number of nitro benzene ring substituents is 1. The van der Waals surface area contributed by atoms with E-state index in [1.807, 2.05) is 6.07 Å². The summed E-state index contributed by atoms with van der Waals surface area (Å²) in [4.78, 5) is 49.4. The molecule has 0 N–H and O–H groups in total. The van der Waals surface area contributed by atoms with Crippen LogP contribution in [0.3, 0.4) is 0 Å². The van der Waals surface area contributed by atoms with Gasteiger partial charge < -0.3 is 13.9 Å². The lowest BCUT2D eigenvalue weighted by Crippen LogP contribution is -2.12. The van der Waals surface area contributed by atoms with Gasteiger partial charge in [-0.1, -0.05) is 6.07 Å². The Kier molecular flexibility index (Phi) is 8.94. The van der Waals surface area contributed by atoms with Gasteiger partial charge in [-0.25, -0.2) is 9.59 Å². The maximum absolute atomic E-state index is 13.1. The summed E-state index contributed by atoms with van der Waals surface area (Å²) in [5.74, 6) is -1.58. The number of benzene rings is 1. The van der Waals surface area contributed by atoms with Crippen molar-refractivity contribution in [3.8, 4) is 17.4 Å². The van der Waals surface area contributed by atoms with Gasteiger partial charge in [-0.2, -0.15) is 5.26 Å². The molecule has 3 aromatic rings. The van der Waals surface area contributed by atoms with Crippen LogP contribution in [0, 0.1) is 35.3 Å². The van der Waals surface area contributed by atoms with Gasteiger partial charge >= 0.3 is 11.9 Å². The number of hydrogen-bond donors (Lipinski definition) is 0. The summed E-state index contributed by atoms with van der Waals surface area (Å²) >= 11 is 0.938. The molecule has 0 spiro atoms. The average molecular weight is 537 g/mol. The van der Waals surface area contributed by atoms with Crippen LogP contribution in [0.15, 0.2) is 40.3 Å². The number of nitrogens with zero attached hydrogens (tertiary/aromatic N) is 2. The van der Waals surface area contributed by atoms with Crippen LogP contribution in [-0.4, -0.2) is 35.9 Å². The van der Waals surface area contributed by atoms with E-state index in [1.165, 1.54) is 24.3 Å². The zero-order chi connectivity index (χ0) is 28.0. The van der Waals surface area contributed by atoms with Crippen molar-refractivity contribution in [1.82, 2.24) is 0 Å². The lowest BCUT2D eigenvalue weighted by atomic mass is 10.0. The van der Waals surface area contributed by atoms with Crippen LogP contribution in [0.1, 0.15) is 55.6 Å². The molecular formula is C27H24N2O8S. The number of Topliss-reactive ketones (excluding diaryl/α,β-unsaturated/α-hetero) is 1. The normalized spacial score (nSPS) is 11.1.